The van der Waals surface area contributed by atoms with Crippen molar-refractivity contribution in [1.82, 2.24) is 4.90 Å². The molecule has 0 bridgehead atoms. The Morgan fingerprint density at radius 1 is 0.656 bits per heavy atom. The lowest BCUT2D eigenvalue weighted by Gasteiger charge is -2.38. The second-order valence-electron chi connectivity index (χ2n) is 10.0. The molecule has 1 atom stereocenters. The first-order chi connectivity index (χ1) is 15.8. The maximum absolute atomic E-state index is 2.69. The van der Waals surface area contributed by atoms with Gasteiger partial charge in [0.05, 0.1) is 0 Å². The molecule has 0 N–H and O–H groups in total. The third kappa shape index (κ3) is 3.84. The fourth-order valence-electron chi connectivity index (χ4n) is 6.38. The zero-order chi connectivity index (χ0) is 21.3. The van der Waals surface area contributed by atoms with Crippen LogP contribution in [0.25, 0.3) is 21.5 Å². The van der Waals surface area contributed by atoms with E-state index in [4.69, 9.17) is 0 Å². The summed E-state index contributed by atoms with van der Waals surface area (Å²) in [4.78, 5) is 2.69. The summed E-state index contributed by atoms with van der Waals surface area (Å²) in [5.74, 6) is 1.78. The van der Waals surface area contributed by atoms with E-state index in [1.54, 1.807) is 11.1 Å². The van der Waals surface area contributed by atoms with E-state index in [1.807, 2.05) is 0 Å². The van der Waals surface area contributed by atoms with Gasteiger partial charge in [0.15, 0.2) is 0 Å². The van der Waals surface area contributed by atoms with Crippen molar-refractivity contribution < 1.29 is 0 Å². The van der Waals surface area contributed by atoms with Crippen LogP contribution in [-0.2, 0) is 19.3 Å². The Hall–Kier alpha value is -2.64. The molecule has 4 aromatic carbocycles. The van der Waals surface area contributed by atoms with Crippen molar-refractivity contribution in [2.24, 2.45) is 11.8 Å². The van der Waals surface area contributed by atoms with Crippen molar-refractivity contribution in [1.29, 1.82) is 0 Å². The van der Waals surface area contributed by atoms with E-state index in [0.29, 0.717) is 0 Å². The van der Waals surface area contributed by atoms with Crippen molar-refractivity contribution in [3.63, 3.8) is 0 Å². The second kappa shape index (κ2) is 8.71. The molecule has 162 valence electrons. The van der Waals surface area contributed by atoms with E-state index < -0.39 is 0 Å². The molecule has 1 fully saturated rings. The minimum absolute atomic E-state index is 0.872. The Bertz CT molecular complexity index is 1220. The molecule has 2 aliphatic rings. The molecule has 1 aliphatic carbocycles. The van der Waals surface area contributed by atoms with Gasteiger partial charge in [-0.1, -0.05) is 78.9 Å². The zero-order valence-corrected chi connectivity index (χ0v) is 19.0. The normalized spacial score (nSPS) is 19.9. The average molecular weight is 420 g/mol. The van der Waals surface area contributed by atoms with E-state index in [0.717, 1.165) is 11.8 Å². The summed E-state index contributed by atoms with van der Waals surface area (Å²) >= 11 is 0. The average Bonchev–Trinajstić information content (AvgIpc) is 2.87. The Morgan fingerprint density at radius 3 is 2.31 bits per heavy atom. The predicted octanol–water partition coefficient (Wildman–Crippen LogP) is 7.05. The third-order valence-electron chi connectivity index (χ3n) is 8.24. The number of aryl methyl sites for hydroxylation is 1. The molecule has 0 aromatic heterocycles. The van der Waals surface area contributed by atoms with E-state index in [-0.39, 0.29) is 0 Å². The molecule has 1 aliphatic heterocycles. The minimum Gasteiger partial charge on any atom is -0.303 e. The van der Waals surface area contributed by atoms with Crippen molar-refractivity contribution in [3.05, 3.63) is 95.6 Å². The Labute approximate surface area is 192 Å². The minimum atomic E-state index is 0.872. The first-order valence-corrected chi connectivity index (χ1v) is 12.5. The van der Waals surface area contributed by atoms with E-state index in [2.05, 4.69) is 83.8 Å². The van der Waals surface area contributed by atoms with E-state index >= 15 is 0 Å². The number of nitrogens with zero attached hydrogens (tertiary/aromatic N) is 1. The molecule has 0 saturated carbocycles. The first kappa shape index (κ1) is 20.0. The lowest BCUT2D eigenvalue weighted by Crippen LogP contribution is -2.38. The number of hydrogen-bond acceptors (Lipinski definition) is 1. The van der Waals surface area contributed by atoms with Crippen molar-refractivity contribution >= 4 is 21.5 Å². The Balaban J connectivity index is 1.12. The number of piperidine rings is 1. The van der Waals surface area contributed by atoms with E-state index in [1.165, 1.54) is 85.3 Å². The van der Waals surface area contributed by atoms with Gasteiger partial charge in [-0.05, 0) is 102 Å². The van der Waals surface area contributed by atoms with Gasteiger partial charge in [-0.3, -0.25) is 0 Å². The lowest BCUT2D eigenvalue weighted by molar-refractivity contribution is 0.140. The fraction of sp³-hybridized carbons (Fsp3) is 0.355. The number of rotatable bonds is 4. The maximum atomic E-state index is 2.69. The van der Waals surface area contributed by atoms with Crippen LogP contribution in [0.2, 0.25) is 0 Å². The van der Waals surface area contributed by atoms with Gasteiger partial charge in [0, 0.05) is 6.54 Å². The van der Waals surface area contributed by atoms with Gasteiger partial charge in [0.2, 0.25) is 0 Å². The summed E-state index contributed by atoms with van der Waals surface area (Å²) in [5.41, 5.74) is 4.72. The van der Waals surface area contributed by atoms with Crippen LogP contribution in [0, 0.1) is 11.8 Å². The van der Waals surface area contributed by atoms with Crippen molar-refractivity contribution in [3.8, 4) is 0 Å². The quantitative estimate of drug-likeness (QED) is 0.320. The maximum Gasteiger partial charge on any atom is 0.00218 e. The van der Waals surface area contributed by atoms with Crippen molar-refractivity contribution in [2.75, 3.05) is 19.6 Å². The summed E-state index contributed by atoms with van der Waals surface area (Å²) in [7, 11) is 0. The Morgan fingerprint density at radius 2 is 1.44 bits per heavy atom. The highest BCUT2D eigenvalue weighted by Gasteiger charge is 2.30. The molecule has 0 radical (unpaired) electrons. The van der Waals surface area contributed by atoms with Crippen LogP contribution in [0.3, 0.4) is 0 Å². The highest BCUT2D eigenvalue weighted by atomic mass is 15.1. The highest BCUT2D eigenvalue weighted by molar-refractivity contribution is 6.08. The van der Waals surface area contributed by atoms with Crippen LogP contribution in [0.4, 0.5) is 0 Å². The highest BCUT2D eigenvalue weighted by Crippen LogP contribution is 2.39. The summed E-state index contributed by atoms with van der Waals surface area (Å²) in [6.07, 6.45) is 7.86. The number of benzene rings is 4. The first-order valence-electron chi connectivity index (χ1n) is 12.5. The van der Waals surface area contributed by atoms with Gasteiger partial charge < -0.3 is 4.90 Å². The molecule has 6 rings (SSSR count). The fourth-order valence-corrected chi connectivity index (χ4v) is 6.38. The largest absolute Gasteiger partial charge is 0.303 e. The SMILES string of the molecule is c1ccc(CCN2CCC(C3CCc4c(ccc5c4ccc4ccccc45)C3)CC2)cc1. The van der Waals surface area contributed by atoms with Crippen LogP contribution in [0.5, 0.6) is 0 Å². The van der Waals surface area contributed by atoms with Crippen molar-refractivity contribution in [2.45, 2.75) is 38.5 Å². The molecular formula is C31H33N. The second-order valence-corrected chi connectivity index (χ2v) is 10.0. The number of fused-ring (bicyclic) bond motifs is 5. The molecule has 32 heavy (non-hydrogen) atoms. The smallest absolute Gasteiger partial charge is 0.00218 e. The van der Waals surface area contributed by atoms with E-state index in [9.17, 15) is 0 Å². The molecule has 1 saturated heterocycles. The standard InChI is InChI=1S/C31H33N/c1-2-6-23(7-3-1)16-19-32-20-17-24(18-21-32)26-11-13-29-27(22-26)12-15-30-28-9-5-4-8-25(28)10-14-31(29)30/h1-10,12,14-15,24,26H,11,13,16-22H2. The van der Waals surface area contributed by atoms with Gasteiger partial charge in [-0.2, -0.15) is 0 Å². The van der Waals surface area contributed by atoms with Crippen LogP contribution < -0.4 is 0 Å². The lowest BCUT2D eigenvalue weighted by atomic mass is 9.72. The van der Waals surface area contributed by atoms with Crippen LogP contribution >= 0.6 is 0 Å². The molecule has 1 nitrogen and oxygen atoms in total. The monoisotopic (exact) mass is 419 g/mol. The van der Waals surface area contributed by atoms with Gasteiger partial charge >= 0.3 is 0 Å². The van der Waals surface area contributed by atoms with Gasteiger partial charge in [-0.15, -0.1) is 0 Å². The number of hydrogen-bond donors (Lipinski definition) is 0. The molecule has 1 unspecified atom stereocenters. The summed E-state index contributed by atoms with van der Waals surface area (Å²) in [6, 6.07) is 29.3. The summed E-state index contributed by atoms with van der Waals surface area (Å²) in [5, 5.41) is 5.69. The zero-order valence-electron chi connectivity index (χ0n) is 19.0. The van der Waals surface area contributed by atoms with Gasteiger partial charge in [0.25, 0.3) is 0 Å². The predicted molar refractivity (Wildman–Crippen MR) is 136 cm³/mol. The van der Waals surface area contributed by atoms with Crippen LogP contribution in [-0.4, -0.2) is 24.5 Å². The Kier molecular flexibility index (Phi) is 5.45. The van der Waals surface area contributed by atoms with Gasteiger partial charge in [-0.25, -0.2) is 0 Å². The molecular weight excluding hydrogens is 386 g/mol. The molecule has 0 spiro atoms. The topological polar surface area (TPSA) is 3.24 Å². The molecule has 1 heterocycles. The third-order valence-corrected chi connectivity index (χ3v) is 8.24. The molecule has 4 aromatic rings. The van der Waals surface area contributed by atoms with Gasteiger partial charge in [0.1, 0.15) is 0 Å². The number of likely N-dealkylation sites (tertiary alicyclic amines) is 1. The molecule has 1 heteroatoms. The summed E-state index contributed by atoms with van der Waals surface area (Å²) in [6.45, 7) is 3.78. The molecule has 0 amide bonds. The summed E-state index contributed by atoms with van der Waals surface area (Å²) < 4.78 is 0. The van der Waals surface area contributed by atoms with Crippen LogP contribution in [0.15, 0.2) is 78.9 Å². The van der Waals surface area contributed by atoms with Crippen LogP contribution in [0.1, 0.15) is 36.0 Å².